The van der Waals surface area contributed by atoms with Crippen LogP contribution >= 0.6 is 0 Å². The van der Waals surface area contributed by atoms with Crippen LogP contribution in [0.1, 0.15) is 30.4 Å². The highest BCUT2D eigenvalue weighted by molar-refractivity contribution is 7.90. The number of nitrogens with two attached hydrogens (primary N) is 1. The number of nitrogens with zero attached hydrogens (tertiary/aromatic N) is 3. The molecule has 2 aromatic carbocycles. The molecule has 2 N–H and O–H groups in total. The molecule has 2 aromatic rings. The minimum absolute atomic E-state index is 0.0277. The molecule has 8 heteroatoms. The van der Waals surface area contributed by atoms with Gasteiger partial charge in [-0.05, 0) is 41.2 Å². The topological polar surface area (TPSA) is 128 Å². The fraction of sp³-hybridized carbons (Fsp3) is 0.375. The maximum atomic E-state index is 12.2. The predicted molar refractivity (Wildman–Crippen MR) is 121 cm³/mol. The van der Waals surface area contributed by atoms with Crippen LogP contribution < -0.4 is 5.73 Å². The Kier molecular flexibility index (Phi) is 7.29. The van der Waals surface area contributed by atoms with E-state index in [9.17, 15) is 18.5 Å². The van der Waals surface area contributed by atoms with Gasteiger partial charge < -0.3 is 5.73 Å². The maximum absolute atomic E-state index is 12.2. The van der Waals surface area contributed by atoms with E-state index in [4.69, 9.17) is 11.0 Å². The summed E-state index contributed by atoms with van der Waals surface area (Å²) in [4.78, 5) is 13.9. The molecule has 1 aliphatic rings. The standard InChI is InChI=1S/C24H26N4O3S/c1-32(30,31)23-15-20(10-9-19(23)11-12-25)18-7-5-17(6-8-18)14-21(16-26)28-13-3-2-4-22(28)24(27)29/h5-10,15,21-22H,2-4,11,13-14H2,1H3,(H2,27,29)/t21-,22?/m0/s1. The third-order valence-electron chi connectivity index (χ3n) is 5.87. The Labute approximate surface area is 189 Å². The van der Waals surface area contributed by atoms with Gasteiger partial charge in [0, 0.05) is 19.2 Å². The second-order valence-electron chi connectivity index (χ2n) is 8.13. The molecular weight excluding hydrogens is 424 g/mol. The molecule has 166 valence electrons. The molecule has 3 rings (SSSR count). The lowest BCUT2D eigenvalue weighted by Gasteiger charge is -2.36. The molecule has 1 fully saturated rings. The third kappa shape index (κ3) is 5.34. The van der Waals surface area contributed by atoms with E-state index in [2.05, 4.69) is 6.07 Å². The second kappa shape index (κ2) is 9.95. The van der Waals surface area contributed by atoms with Crippen molar-refractivity contribution in [3.05, 3.63) is 53.6 Å². The number of amides is 1. The van der Waals surface area contributed by atoms with Crippen LogP contribution in [0.25, 0.3) is 11.1 Å². The van der Waals surface area contributed by atoms with E-state index >= 15 is 0 Å². The molecule has 0 radical (unpaired) electrons. The zero-order chi connectivity index (χ0) is 23.3. The molecule has 7 nitrogen and oxygen atoms in total. The van der Waals surface area contributed by atoms with E-state index in [1.165, 1.54) is 0 Å². The van der Waals surface area contributed by atoms with Crippen molar-refractivity contribution in [2.75, 3.05) is 12.8 Å². The summed E-state index contributed by atoms with van der Waals surface area (Å²) in [6.45, 7) is 0.674. The van der Waals surface area contributed by atoms with Crippen molar-refractivity contribution in [3.8, 4) is 23.3 Å². The van der Waals surface area contributed by atoms with Gasteiger partial charge in [-0.1, -0.05) is 42.8 Å². The van der Waals surface area contributed by atoms with Gasteiger partial charge in [0.25, 0.3) is 0 Å². The molecule has 1 aliphatic heterocycles. The van der Waals surface area contributed by atoms with Crippen LogP contribution in [0.3, 0.4) is 0 Å². The first-order valence-electron chi connectivity index (χ1n) is 10.5. The average Bonchev–Trinajstić information content (AvgIpc) is 2.77. The molecule has 2 atom stereocenters. The van der Waals surface area contributed by atoms with Crippen molar-refractivity contribution in [1.82, 2.24) is 4.90 Å². The summed E-state index contributed by atoms with van der Waals surface area (Å²) in [5, 5.41) is 18.7. The van der Waals surface area contributed by atoms with Crippen molar-refractivity contribution in [1.29, 1.82) is 10.5 Å². The van der Waals surface area contributed by atoms with E-state index < -0.39 is 21.9 Å². The number of likely N-dealkylation sites (tertiary alicyclic amines) is 1. The second-order valence-corrected chi connectivity index (χ2v) is 10.1. The van der Waals surface area contributed by atoms with Crippen LogP contribution in [0.5, 0.6) is 0 Å². The van der Waals surface area contributed by atoms with Crippen LogP contribution in [-0.4, -0.2) is 44.1 Å². The van der Waals surface area contributed by atoms with Crippen molar-refractivity contribution in [3.63, 3.8) is 0 Å². The Morgan fingerprint density at radius 3 is 2.44 bits per heavy atom. The van der Waals surface area contributed by atoms with Crippen LogP contribution in [0, 0.1) is 22.7 Å². The summed E-state index contributed by atoms with van der Waals surface area (Å²) < 4.78 is 24.3. The minimum Gasteiger partial charge on any atom is -0.368 e. The number of piperidine rings is 1. The average molecular weight is 451 g/mol. The number of benzene rings is 2. The van der Waals surface area contributed by atoms with Gasteiger partial charge in [-0.2, -0.15) is 10.5 Å². The Balaban J connectivity index is 1.83. The Bertz CT molecular complexity index is 1180. The van der Waals surface area contributed by atoms with Gasteiger partial charge in [0.05, 0.1) is 29.5 Å². The Hall–Kier alpha value is -3.20. The molecule has 0 aromatic heterocycles. The highest BCUT2D eigenvalue weighted by Gasteiger charge is 2.32. The molecule has 0 saturated carbocycles. The number of carbonyl (C=O) groups excluding carboxylic acids is 1. The molecular formula is C24H26N4O3S. The van der Waals surface area contributed by atoms with Gasteiger partial charge in [-0.25, -0.2) is 8.42 Å². The van der Waals surface area contributed by atoms with Gasteiger partial charge in [0.1, 0.15) is 6.04 Å². The lowest BCUT2D eigenvalue weighted by molar-refractivity contribution is -0.125. The molecule has 1 heterocycles. The van der Waals surface area contributed by atoms with Crippen molar-refractivity contribution < 1.29 is 13.2 Å². The number of primary amides is 1. The monoisotopic (exact) mass is 450 g/mol. The number of carbonyl (C=O) groups is 1. The van der Waals surface area contributed by atoms with Crippen LogP contribution in [0.15, 0.2) is 47.4 Å². The van der Waals surface area contributed by atoms with E-state index in [0.717, 1.165) is 35.8 Å². The summed E-state index contributed by atoms with van der Waals surface area (Å²) in [5.41, 5.74) is 8.55. The zero-order valence-electron chi connectivity index (χ0n) is 18.0. The van der Waals surface area contributed by atoms with Crippen LogP contribution in [0.2, 0.25) is 0 Å². The van der Waals surface area contributed by atoms with Crippen LogP contribution in [0.4, 0.5) is 0 Å². The van der Waals surface area contributed by atoms with E-state index in [1.54, 1.807) is 18.2 Å². The number of hydrogen-bond donors (Lipinski definition) is 1. The lowest BCUT2D eigenvalue weighted by atomic mass is 9.95. The van der Waals surface area contributed by atoms with E-state index in [1.807, 2.05) is 35.2 Å². The number of sulfone groups is 1. The molecule has 1 unspecified atom stereocenters. The fourth-order valence-corrected chi connectivity index (χ4v) is 5.19. The van der Waals surface area contributed by atoms with E-state index in [-0.39, 0.29) is 17.2 Å². The molecule has 0 spiro atoms. The summed E-state index contributed by atoms with van der Waals surface area (Å²) in [5.74, 6) is -0.387. The number of rotatable bonds is 7. The third-order valence-corrected chi connectivity index (χ3v) is 7.05. The Morgan fingerprint density at radius 1 is 1.16 bits per heavy atom. The fourth-order valence-electron chi connectivity index (χ4n) is 4.24. The molecule has 1 saturated heterocycles. The van der Waals surface area contributed by atoms with Crippen LogP contribution in [-0.2, 0) is 27.5 Å². The Morgan fingerprint density at radius 2 is 1.84 bits per heavy atom. The van der Waals surface area contributed by atoms with Crippen molar-refractivity contribution >= 4 is 15.7 Å². The summed E-state index contributed by atoms with van der Waals surface area (Å²) in [6, 6.07) is 16.1. The molecule has 1 amide bonds. The maximum Gasteiger partial charge on any atom is 0.234 e. The summed E-state index contributed by atoms with van der Waals surface area (Å²) in [7, 11) is -3.47. The summed E-state index contributed by atoms with van der Waals surface area (Å²) in [6.07, 6.45) is 4.18. The first-order valence-corrected chi connectivity index (χ1v) is 12.4. The van der Waals surface area contributed by atoms with Gasteiger partial charge in [0.2, 0.25) is 5.91 Å². The van der Waals surface area contributed by atoms with Crippen molar-refractivity contribution in [2.45, 2.75) is 49.1 Å². The van der Waals surface area contributed by atoms with Gasteiger partial charge in [-0.15, -0.1) is 0 Å². The smallest absolute Gasteiger partial charge is 0.234 e. The lowest BCUT2D eigenvalue weighted by Crippen LogP contribution is -2.52. The molecule has 32 heavy (non-hydrogen) atoms. The first kappa shape index (κ1) is 23.5. The normalized spacial score (nSPS) is 17.8. The highest BCUT2D eigenvalue weighted by Crippen LogP contribution is 2.27. The van der Waals surface area contributed by atoms with E-state index in [0.29, 0.717) is 24.9 Å². The zero-order valence-corrected chi connectivity index (χ0v) is 18.8. The molecule has 0 bridgehead atoms. The number of nitriles is 2. The van der Waals surface area contributed by atoms with Gasteiger partial charge >= 0.3 is 0 Å². The number of hydrogen-bond acceptors (Lipinski definition) is 6. The van der Waals surface area contributed by atoms with Gasteiger partial charge in [0.15, 0.2) is 9.84 Å². The minimum atomic E-state index is -3.47. The first-order chi connectivity index (χ1) is 15.2. The summed E-state index contributed by atoms with van der Waals surface area (Å²) >= 11 is 0. The predicted octanol–water partition coefficient (Wildman–Crippen LogP) is 2.60. The highest BCUT2D eigenvalue weighted by atomic mass is 32.2. The van der Waals surface area contributed by atoms with Gasteiger partial charge in [-0.3, -0.25) is 9.69 Å². The quantitative estimate of drug-likeness (QED) is 0.690. The largest absolute Gasteiger partial charge is 0.368 e. The SMILES string of the molecule is CS(=O)(=O)c1cc(-c2ccc(C[C@@H](C#N)N3CCCCC3C(N)=O)cc2)ccc1CC#N. The molecule has 0 aliphatic carbocycles. The van der Waals surface area contributed by atoms with Crippen molar-refractivity contribution in [2.24, 2.45) is 5.73 Å².